The van der Waals surface area contributed by atoms with Gasteiger partial charge in [-0.25, -0.2) is 9.67 Å². The van der Waals surface area contributed by atoms with E-state index in [0.29, 0.717) is 12.1 Å². The van der Waals surface area contributed by atoms with Crippen LogP contribution in [0.1, 0.15) is 64.2 Å². The topological polar surface area (TPSA) is 68.8 Å². The zero-order valence-corrected chi connectivity index (χ0v) is 12.2. The van der Waals surface area contributed by atoms with Crippen LogP contribution < -0.4 is 11.3 Å². The maximum absolute atomic E-state index is 5.69. The van der Waals surface area contributed by atoms with Crippen LogP contribution in [0.25, 0.3) is 0 Å². The van der Waals surface area contributed by atoms with Gasteiger partial charge in [0.2, 0.25) is 0 Å². The van der Waals surface area contributed by atoms with Crippen molar-refractivity contribution in [3.63, 3.8) is 0 Å². The van der Waals surface area contributed by atoms with Crippen molar-refractivity contribution < 1.29 is 0 Å². The van der Waals surface area contributed by atoms with Gasteiger partial charge in [-0.3, -0.25) is 11.3 Å². The largest absolute Gasteiger partial charge is 0.271 e. The lowest BCUT2D eigenvalue weighted by Crippen LogP contribution is -2.37. The Bertz CT molecular complexity index is 368. The predicted octanol–water partition coefficient (Wildman–Crippen LogP) is 2.20. The Morgan fingerprint density at radius 2 is 2.16 bits per heavy atom. The van der Waals surface area contributed by atoms with E-state index in [1.807, 2.05) is 4.68 Å². The van der Waals surface area contributed by atoms with Gasteiger partial charge >= 0.3 is 0 Å². The molecule has 1 heterocycles. The summed E-state index contributed by atoms with van der Waals surface area (Å²) in [5, 5.41) is 4.28. The van der Waals surface area contributed by atoms with E-state index in [0.717, 1.165) is 24.6 Å². The molecule has 1 saturated carbocycles. The summed E-state index contributed by atoms with van der Waals surface area (Å²) in [6.07, 6.45) is 10.5. The Morgan fingerprint density at radius 1 is 1.42 bits per heavy atom. The summed E-state index contributed by atoms with van der Waals surface area (Å²) in [6.45, 7) is 4.25. The summed E-state index contributed by atoms with van der Waals surface area (Å²) in [7, 11) is 0. The van der Waals surface area contributed by atoms with Crippen molar-refractivity contribution in [3.05, 3.63) is 12.2 Å². The van der Waals surface area contributed by atoms with E-state index >= 15 is 0 Å². The van der Waals surface area contributed by atoms with Crippen molar-refractivity contribution in [2.75, 3.05) is 0 Å². The highest BCUT2D eigenvalue weighted by atomic mass is 15.3. The Kier molecular flexibility index (Phi) is 5.34. The fourth-order valence-corrected chi connectivity index (χ4v) is 3.05. The highest BCUT2D eigenvalue weighted by Gasteiger charge is 2.19. The van der Waals surface area contributed by atoms with Crippen molar-refractivity contribution in [1.29, 1.82) is 0 Å². The molecule has 5 heteroatoms. The minimum absolute atomic E-state index is 0.308. The van der Waals surface area contributed by atoms with Crippen LogP contribution in [-0.4, -0.2) is 20.8 Å². The molecule has 0 spiro atoms. The minimum Gasteiger partial charge on any atom is -0.271 e. The monoisotopic (exact) mass is 265 g/mol. The van der Waals surface area contributed by atoms with E-state index < -0.39 is 0 Å². The summed E-state index contributed by atoms with van der Waals surface area (Å²) in [6, 6.07) is 0.660. The van der Waals surface area contributed by atoms with Gasteiger partial charge in [0.1, 0.15) is 12.2 Å². The molecule has 3 N–H and O–H groups in total. The molecule has 2 rings (SSSR count). The zero-order chi connectivity index (χ0) is 13.7. The fourth-order valence-electron chi connectivity index (χ4n) is 3.05. The van der Waals surface area contributed by atoms with Gasteiger partial charge in [0.05, 0.1) is 0 Å². The van der Waals surface area contributed by atoms with Gasteiger partial charge in [-0.15, -0.1) is 0 Å². The summed E-state index contributed by atoms with van der Waals surface area (Å²) in [5.41, 5.74) is 2.95. The van der Waals surface area contributed by atoms with Crippen LogP contribution in [0.3, 0.4) is 0 Å². The first kappa shape index (κ1) is 14.5. The molecule has 1 fully saturated rings. The molecule has 108 valence electrons. The average molecular weight is 265 g/mol. The molecule has 1 aliphatic rings. The van der Waals surface area contributed by atoms with E-state index in [4.69, 9.17) is 5.84 Å². The van der Waals surface area contributed by atoms with Crippen molar-refractivity contribution in [1.82, 2.24) is 20.2 Å². The number of aromatic nitrogens is 3. The maximum Gasteiger partial charge on any atom is 0.138 e. The summed E-state index contributed by atoms with van der Waals surface area (Å²) >= 11 is 0. The smallest absolute Gasteiger partial charge is 0.138 e. The second-order valence-corrected chi connectivity index (χ2v) is 6.01. The highest BCUT2D eigenvalue weighted by Crippen LogP contribution is 2.29. The Morgan fingerprint density at radius 3 is 2.79 bits per heavy atom. The molecule has 5 nitrogen and oxygen atoms in total. The fraction of sp³-hybridized carbons (Fsp3) is 0.857. The molecule has 0 aromatic carbocycles. The van der Waals surface area contributed by atoms with Crippen molar-refractivity contribution >= 4 is 0 Å². The van der Waals surface area contributed by atoms with Gasteiger partial charge in [-0.2, -0.15) is 5.10 Å². The van der Waals surface area contributed by atoms with Gasteiger partial charge in [0.15, 0.2) is 0 Å². The molecule has 1 unspecified atom stereocenters. The number of hydrazine groups is 1. The van der Waals surface area contributed by atoms with Crippen molar-refractivity contribution in [3.8, 4) is 0 Å². The first-order valence-electron chi connectivity index (χ1n) is 7.55. The lowest BCUT2D eigenvalue weighted by Gasteiger charge is -2.18. The van der Waals surface area contributed by atoms with Crippen LogP contribution in [0.5, 0.6) is 0 Å². The lowest BCUT2D eigenvalue weighted by atomic mass is 9.97. The second kappa shape index (κ2) is 7.01. The first-order valence-corrected chi connectivity index (χ1v) is 7.55. The summed E-state index contributed by atoms with van der Waals surface area (Å²) < 4.78 is 1.99. The molecule has 0 aliphatic heterocycles. The third kappa shape index (κ3) is 4.01. The number of nitrogens with two attached hydrogens (primary N) is 1. The SMILES string of the molecule is CC(C)n1ncnc1CC(CCC1CCCC1)NN. The van der Waals surface area contributed by atoms with Gasteiger partial charge < -0.3 is 0 Å². The Hall–Kier alpha value is -0.940. The van der Waals surface area contributed by atoms with E-state index in [2.05, 4.69) is 29.4 Å². The average Bonchev–Trinajstić information content (AvgIpc) is 3.05. The minimum atomic E-state index is 0.308. The number of nitrogens with zero attached hydrogens (tertiary/aromatic N) is 3. The van der Waals surface area contributed by atoms with Crippen LogP contribution >= 0.6 is 0 Å². The number of rotatable bonds is 7. The summed E-state index contributed by atoms with van der Waals surface area (Å²) in [4.78, 5) is 4.36. The molecule has 0 amide bonds. The van der Waals surface area contributed by atoms with Crippen LogP contribution in [0.2, 0.25) is 0 Å². The number of hydrogen-bond acceptors (Lipinski definition) is 4. The van der Waals surface area contributed by atoms with Crippen molar-refractivity contribution in [2.24, 2.45) is 11.8 Å². The first-order chi connectivity index (χ1) is 9.20. The molecule has 1 aromatic heterocycles. The molecule has 0 bridgehead atoms. The van der Waals surface area contributed by atoms with Crippen LogP contribution in [0, 0.1) is 5.92 Å². The van der Waals surface area contributed by atoms with E-state index in [9.17, 15) is 0 Å². The van der Waals surface area contributed by atoms with Gasteiger partial charge in [-0.1, -0.05) is 25.7 Å². The van der Waals surface area contributed by atoms with Gasteiger partial charge in [0, 0.05) is 18.5 Å². The quantitative estimate of drug-likeness (QED) is 0.586. The Labute approximate surface area is 115 Å². The molecule has 1 aliphatic carbocycles. The van der Waals surface area contributed by atoms with Crippen LogP contribution in [0.4, 0.5) is 0 Å². The second-order valence-electron chi connectivity index (χ2n) is 6.01. The molecule has 1 atom stereocenters. The molecule has 1 aromatic rings. The normalized spacial score (nSPS) is 18.3. The standard InChI is InChI=1S/C14H27N5/c1-11(2)19-14(16-10-17-19)9-13(18-15)8-7-12-5-3-4-6-12/h10-13,18H,3-9,15H2,1-2H3. The van der Waals surface area contributed by atoms with Gasteiger partial charge in [0.25, 0.3) is 0 Å². The predicted molar refractivity (Wildman–Crippen MR) is 76.4 cm³/mol. The van der Waals surface area contributed by atoms with Gasteiger partial charge in [-0.05, 0) is 32.6 Å². The number of nitrogens with one attached hydrogen (secondary N) is 1. The molecule has 0 saturated heterocycles. The van der Waals surface area contributed by atoms with E-state index in [1.54, 1.807) is 6.33 Å². The zero-order valence-electron chi connectivity index (χ0n) is 12.2. The molecule has 0 radical (unpaired) electrons. The third-order valence-electron chi connectivity index (χ3n) is 4.20. The van der Waals surface area contributed by atoms with Crippen LogP contribution in [0.15, 0.2) is 6.33 Å². The highest BCUT2D eigenvalue weighted by molar-refractivity contribution is 4.91. The van der Waals surface area contributed by atoms with Crippen molar-refractivity contribution in [2.45, 2.75) is 70.9 Å². The maximum atomic E-state index is 5.69. The Balaban J connectivity index is 1.85. The number of hydrogen-bond donors (Lipinski definition) is 2. The molecule has 19 heavy (non-hydrogen) atoms. The lowest BCUT2D eigenvalue weighted by molar-refractivity contribution is 0.392. The third-order valence-corrected chi connectivity index (χ3v) is 4.20. The summed E-state index contributed by atoms with van der Waals surface area (Å²) in [5.74, 6) is 7.64. The molecular weight excluding hydrogens is 238 g/mol. The van der Waals surface area contributed by atoms with Crippen LogP contribution in [-0.2, 0) is 6.42 Å². The van der Waals surface area contributed by atoms with E-state index in [-0.39, 0.29) is 0 Å². The van der Waals surface area contributed by atoms with E-state index in [1.165, 1.54) is 32.1 Å². The molecular formula is C14H27N5.